The van der Waals surface area contributed by atoms with Gasteiger partial charge in [-0.3, -0.25) is 28.8 Å². The first-order valence-electron chi connectivity index (χ1n) is 26.2. The number of unbranched alkanes of at least 4 members (excludes halogenated alkanes) is 9. The summed E-state index contributed by atoms with van der Waals surface area (Å²) in [4.78, 5) is 80.9. The summed E-state index contributed by atoms with van der Waals surface area (Å²) in [5.74, 6) is -2.50. The highest BCUT2D eigenvalue weighted by molar-refractivity contribution is 5.94. The lowest BCUT2D eigenvalue weighted by Gasteiger charge is -2.25. The van der Waals surface area contributed by atoms with Crippen LogP contribution in [0.3, 0.4) is 0 Å². The molecule has 0 unspecified atom stereocenters. The second kappa shape index (κ2) is 32.6. The van der Waals surface area contributed by atoms with Gasteiger partial charge >= 0.3 is 0 Å². The summed E-state index contributed by atoms with van der Waals surface area (Å²) in [6.45, 7) is 8.39. The standard InChI is InChI=1S/C58H82N8O6/c1-41(2)51(59)57(71)65-49(39-45-31-21-15-22-32-45)55(69)63-47(37-43-27-17-13-18-28-43)53(67)61-35-25-11-9-7-5-6-8-10-12-26-36-62-54(68)48(38-44-29-19-14-20-30-44)64-56(70)50(40-46-33-23-16-24-34-46)66-58(72)52(60)42(3)4/h13-24,27-34,41-42,47-52H,5-12,25-26,35-40,59-60H2,1-4H3,(H,61,67)(H,62,68)(H,63,69)(H,64,70)(H,65,71)(H,66,72)/t47-,48-,49-,50-,51-,52-/m0/s1. The Morgan fingerprint density at radius 3 is 0.806 bits per heavy atom. The molecule has 0 aliphatic heterocycles. The summed E-state index contributed by atoms with van der Waals surface area (Å²) in [7, 11) is 0. The fraction of sp³-hybridized carbons (Fsp3) is 0.483. The molecular weight excluding hydrogens is 905 g/mol. The number of rotatable bonds is 33. The molecule has 0 heterocycles. The van der Waals surface area contributed by atoms with E-state index in [0.29, 0.717) is 25.9 Å². The van der Waals surface area contributed by atoms with Gasteiger partial charge in [0.05, 0.1) is 12.1 Å². The molecule has 0 aliphatic rings. The van der Waals surface area contributed by atoms with E-state index in [1.807, 2.05) is 149 Å². The monoisotopic (exact) mass is 987 g/mol. The van der Waals surface area contributed by atoms with Crippen LogP contribution in [0, 0.1) is 11.8 Å². The Morgan fingerprint density at radius 2 is 0.556 bits per heavy atom. The van der Waals surface area contributed by atoms with Crippen molar-refractivity contribution in [1.82, 2.24) is 31.9 Å². The summed E-state index contributed by atoms with van der Waals surface area (Å²) in [5.41, 5.74) is 15.8. The van der Waals surface area contributed by atoms with Crippen LogP contribution in [0.2, 0.25) is 0 Å². The fourth-order valence-corrected chi connectivity index (χ4v) is 8.26. The molecule has 4 rings (SSSR count). The van der Waals surface area contributed by atoms with Gasteiger partial charge in [-0.05, 0) is 46.9 Å². The van der Waals surface area contributed by atoms with E-state index in [2.05, 4.69) is 31.9 Å². The molecule has 0 radical (unpaired) electrons. The van der Waals surface area contributed by atoms with Crippen LogP contribution in [0.4, 0.5) is 0 Å². The number of nitrogens with two attached hydrogens (primary N) is 2. The molecule has 4 aromatic carbocycles. The van der Waals surface area contributed by atoms with Crippen molar-refractivity contribution in [3.63, 3.8) is 0 Å². The van der Waals surface area contributed by atoms with Crippen LogP contribution >= 0.6 is 0 Å². The molecule has 14 heteroatoms. The Labute approximate surface area is 428 Å². The number of hydrogen-bond acceptors (Lipinski definition) is 8. The fourth-order valence-electron chi connectivity index (χ4n) is 8.26. The Kier molecular flexibility index (Phi) is 26.3. The second-order valence-corrected chi connectivity index (χ2v) is 19.7. The Hall–Kier alpha value is -6.38. The van der Waals surface area contributed by atoms with E-state index in [-0.39, 0.29) is 36.5 Å². The van der Waals surface area contributed by atoms with Gasteiger partial charge in [0.1, 0.15) is 24.2 Å². The molecule has 0 saturated carbocycles. The van der Waals surface area contributed by atoms with Crippen LogP contribution in [0.5, 0.6) is 0 Å². The van der Waals surface area contributed by atoms with Gasteiger partial charge in [-0.2, -0.15) is 0 Å². The van der Waals surface area contributed by atoms with Crippen molar-refractivity contribution in [3.05, 3.63) is 144 Å². The number of benzene rings is 4. The third-order valence-corrected chi connectivity index (χ3v) is 12.9. The van der Waals surface area contributed by atoms with Crippen molar-refractivity contribution in [2.45, 2.75) is 154 Å². The van der Waals surface area contributed by atoms with Crippen molar-refractivity contribution in [3.8, 4) is 0 Å². The van der Waals surface area contributed by atoms with Crippen LogP contribution in [0.25, 0.3) is 0 Å². The average molecular weight is 987 g/mol. The van der Waals surface area contributed by atoms with E-state index in [9.17, 15) is 28.8 Å². The molecule has 0 spiro atoms. The molecule has 6 amide bonds. The molecule has 0 aromatic heterocycles. The summed E-state index contributed by atoms with van der Waals surface area (Å²) in [6.07, 6.45) is 11.2. The van der Waals surface area contributed by atoms with Crippen LogP contribution in [-0.4, -0.2) is 84.8 Å². The zero-order valence-corrected chi connectivity index (χ0v) is 43.1. The lowest BCUT2D eigenvalue weighted by molar-refractivity contribution is -0.132. The van der Waals surface area contributed by atoms with Crippen LogP contribution in [0.1, 0.15) is 114 Å². The number of carbonyl (C=O) groups excluding carboxylic acids is 6. The SMILES string of the molecule is CC(C)[C@H](N)C(=O)N[C@@H](Cc1ccccc1)C(=O)N[C@@H](Cc1ccccc1)C(=O)NCCCCCCCCCCCCNC(=O)[C@H](Cc1ccccc1)NC(=O)[C@H](Cc1ccccc1)NC(=O)[C@@H](N)C(C)C. The van der Waals surface area contributed by atoms with E-state index in [1.165, 1.54) is 0 Å². The molecule has 6 atom stereocenters. The number of carbonyl (C=O) groups is 6. The highest BCUT2D eigenvalue weighted by atomic mass is 16.2. The van der Waals surface area contributed by atoms with E-state index in [1.54, 1.807) is 0 Å². The normalized spacial score (nSPS) is 13.7. The van der Waals surface area contributed by atoms with Crippen molar-refractivity contribution in [2.24, 2.45) is 23.3 Å². The molecule has 390 valence electrons. The molecule has 10 N–H and O–H groups in total. The van der Waals surface area contributed by atoms with E-state index in [0.717, 1.165) is 86.5 Å². The average Bonchev–Trinajstić information content (AvgIpc) is 3.38. The van der Waals surface area contributed by atoms with Gasteiger partial charge in [0.15, 0.2) is 0 Å². The molecule has 0 bridgehead atoms. The Bertz CT molecular complexity index is 2060. The zero-order valence-electron chi connectivity index (χ0n) is 43.1. The predicted octanol–water partition coefficient (Wildman–Crippen LogP) is 6.00. The van der Waals surface area contributed by atoms with E-state index < -0.39 is 59.9 Å². The summed E-state index contributed by atoms with van der Waals surface area (Å²) in [6, 6.07) is 32.9. The van der Waals surface area contributed by atoms with Crippen molar-refractivity contribution in [1.29, 1.82) is 0 Å². The first kappa shape index (κ1) is 58.2. The van der Waals surface area contributed by atoms with Crippen molar-refractivity contribution >= 4 is 35.4 Å². The number of hydrogen-bond donors (Lipinski definition) is 8. The Morgan fingerprint density at radius 1 is 0.333 bits per heavy atom. The minimum Gasteiger partial charge on any atom is -0.354 e. The molecular formula is C58H82N8O6. The van der Waals surface area contributed by atoms with Crippen LogP contribution < -0.4 is 43.4 Å². The molecule has 72 heavy (non-hydrogen) atoms. The van der Waals surface area contributed by atoms with Gasteiger partial charge in [0.2, 0.25) is 35.4 Å². The van der Waals surface area contributed by atoms with E-state index in [4.69, 9.17) is 11.5 Å². The third kappa shape index (κ3) is 21.9. The van der Waals surface area contributed by atoms with E-state index >= 15 is 0 Å². The number of nitrogens with one attached hydrogen (secondary N) is 6. The highest BCUT2D eigenvalue weighted by Gasteiger charge is 2.31. The predicted molar refractivity (Wildman–Crippen MR) is 286 cm³/mol. The molecule has 0 fully saturated rings. The molecule has 14 nitrogen and oxygen atoms in total. The van der Waals surface area contributed by atoms with Gasteiger partial charge in [-0.25, -0.2) is 0 Å². The minimum absolute atomic E-state index is 0.116. The maximum atomic E-state index is 13.8. The van der Waals surface area contributed by atoms with Gasteiger partial charge in [-0.1, -0.05) is 200 Å². The van der Waals surface area contributed by atoms with Gasteiger partial charge in [-0.15, -0.1) is 0 Å². The lowest BCUT2D eigenvalue weighted by Crippen LogP contribution is -2.57. The smallest absolute Gasteiger partial charge is 0.243 e. The van der Waals surface area contributed by atoms with Gasteiger partial charge in [0.25, 0.3) is 0 Å². The summed E-state index contributed by atoms with van der Waals surface area (Å²) in [5, 5.41) is 17.7. The summed E-state index contributed by atoms with van der Waals surface area (Å²) >= 11 is 0. The van der Waals surface area contributed by atoms with Crippen molar-refractivity contribution < 1.29 is 28.8 Å². The first-order valence-corrected chi connectivity index (χ1v) is 26.2. The topological polar surface area (TPSA) is 227 Å². The maximum absolute atomic E-state index is 13.8. The second-order valence-electron chi connectivity index (χ2n) is 19.7. The van der Waals surface area contributed by atoms with Gasteiger partial charge < -0.3 is 43.4 Å². The zero-order chi connectivity index (χ0) is 52.1. The van der Waals surface area contributed by atoms with Gasteiger partial charge in [0, 0.05) is 38.8 Å². The van der Waals surface area contributed by atoms with Crippen molar-refractivity contribution in [2.75, 3.05) is 13.1 Å². The largest absolute Gasteiger partial charge is 0.354 e. The maximum Gasteiger partial charge on any atom is 0.243 e. The first-order chi connectivity index (χ1) is 34.7. The molecule has 0 aliphatic carbocycles. The minimum atomic E-state index is -0.918. The summed E-state index contributed by atoms with van der Waals surface area (Å²) < 4.78 is 0. The molecule has 4 aromatic rings. The van der Waals surface area contributed by atoms with Crippen LogP contribution in [-0.2, 0) is 54.5 Å². The lowest BCUT2D eigenvalue weighted by atomic mass is 10.0. The van der Waals surface area contributed by atoms with Crippen LogP contribution in [0.15, 0.2) is 121 Å². The molecule has 0 saturated heterocycles. The Balaban J connectivity index is 1.16. The quantitative estimate of drug-likeness (QED) is 0.0264. The highest BCUT2D eigenvalue weighted by Crippen LogP contribution is 2.13. The number of amides is 6. The third-order valence-electron chi connectivity index (χ3n) is 12.9.